The fraction of sp³-hybridized carbons (Fsp3) is 0.0833. The number of ether oxygens (including phenoxy) is 2. The Kier molecular flexibility index (Phi) is 5.48. The summed E-state index contributed by atoms with van der Waals surface area (Å²) in [5.41, 5.74) is 1.30. The van der Waals surface area contributed by atoms with Crippen molar-refractivity contribution in [3.05, 3.63) is 84.6 Å². The molecule has 0 aliphatic carbocycles. The van der Waals surface area contributed by atoms with E-state index in [4.69, 9.17) is 9.47 Å². The number of hydrogen-bond acceptors (Lipinski definition) is 5. The molecule has 0 aliphatic heterocycles. The molecule has 1 aromatic heterocycles. The predicted octanol–water partition coefficient (Wildman–Crippen LogP) is 5.33. The van der Waals surface area contributed by atoms with Crippen LogP contribution in [0.3, 0.4) is 0 Å². The van der Waals surface area contributed by atoms with Gasteiger partial charge in [-0.15, -0.1) is 0 Å². The zero-order valence-electron chi connectivity index (χ0n) is 16.7. The number of benzene rings is 3. The van der Waals surface area contributed by atoms with Gasteiger partial charge in [-0.2, -0.15) is 0 Å². The lowest BCUT2D eigenvalue weighted by molar-refractivity contribution is 0.102. The first-order valence-electron chi connectivity index (χ1n) is 9.46. The Morgan fingerprint density at radius 2 is 1.67 bits per heavy atom. The lowest BCUT2D eigenvalue weighted by Gasteiger charge is -2.11. The van der Waals surface area contributed by atoms with Gasteiger partial charge in [-0.25, -0.2) is 4.98 Å². The normalized spacial score (nSPS) is 10.5. The number of anilines is 2. The zero-order chi connectivity index (χ0) is 20.9. The van der Waals surface area contributed by atoms with Crippen LogP contribution in [0.2, 0.25) is 0 Å². The van der Waals surface area contributed by atoms with Gasteiger partial charge in [-0.05, 0) is 65.4 Å². The fourth-order valence-corrected chi connectivity index (χ4v) is 3.14. The van der Waals surface area contributed by atoms with E-state index in [1.54, 1.807) is 38.6 Å². The number of fused-ring (bicyclic) bond motifs is 1. The molecule has 30 heavy (non-hydrogen) atoms. The molecule has 0 saturated heterocycles. The summed E-state index contributed by atoms with van der Waals surface area (Å²) in [6.07, 6.45) is 1.68. The lowest BCUT2D eigenvalue weighted by Crippen LogP contribution is -2.12. The number of pyridine rings is 1. The van der Waals surface area contributed by atoms with Crippen molar-refractivity contribution < 1.29 is 14.3 Å². The molecule has 0 fully saturated rings. The van der Waals surface area contributed by atoms with E-state index in [-0.39, 0.29) is 5.91 Å². The molecule has 4 aromatic rings. The van der Waals surface area contributed by atoms with E-state index in [0.717, 1.165) is 22.3 Å². The summed E-state index contributed by atoms with van der Waals surface area (Å²) in [5.74, 6) is 2.66. The lowest BCUT2D eigenvalue weighted by atomic mass is 10.0. The molecular weight excluding hydrogens is 378 g/mol. The minimum absolute atomic E-state index is 0.174. The summed E-state index contributed by atoms with van der Waals surface area (Å²) in [6.45, 7) is 0. The molecular formula is C24H21N3O3. The van der Waals surface area contributed by atoms with E-state index in [9.17, 15) is 4.79 Å². The number of carbonyl (C=O) groups excluding carboxylic acids is 1. The molecule has 0 aliphatic rings. The topological polar surface area (TPSA) is 72.5 Å². The average Bonchev–Trinajstić information content (AvgIpc) is 2.79. The zero-order valence-corrected chi connectivity index (χ0v) is 16.7. The third-order valence-electron chi connectivity index (χ3n) is 4.67. The second-order valence-electron chi connectivity index (χ2n) is 6.60. The summed E-state index contributed by atoms with van der Waals surface area (Å²) >= 11 is 0. The number of hydrogen-bond donors (Lipinski definition) is 2. The molecule has 2 N–H and O–H groups in total. The van der Waals surface area contributed by atoms with Crippen molar-refractivity contribution >= 4 is 28.2 Å². The van der Waals surface area contributed by atoms with Crippen LogP contribution in [0.25, 0.3) is 10.8 Å². The Balaban J connectivity index is 1.58. The van der Waals surface area contributed by atoms with E-state index in [0.29, 0.717) is 22.7 Å². The van der Waals surface area contributed by atoms with Crippen molar-refractivity contribution in [1.82, 2.24) is 4.98 Å². The maximum absolute atomic E-state index is 12.8. The van der Waals surface area contributed by atoms with Crippen molar-refractivity contribution in [1.29, 1.82) is 0 Å². The van der Waals surface area contributed by atoms with Gasteiger partial charge < -0.3 is 20.1 Å². The molecule has 0 bridgehead atoms. The fourth-order valence-electron chi connectivity index (χ4n) is 3.14. The van der Waals surface area contributed by atoms with Gasteiger partial charge in [0.25, 0.3) is 5.91 Å². The van der Waals surface area contributed by atoms with Crippen LogP contribution in [0.5, 0.6) is 17.2 Å². The van der Waals surface area contributed by atoms with Crippen LogP contribution >= 0.6 is 0 Å². The monoisotopic (exact) mass is 399 g/mol. The maximum atomic E-state index is 12.8. The van der Waals surface area contributed by atoms with E-state index in [1.807, 2.05) is 54.6 Å². The Morgan fingerprint density at radius 1 is 0.900 bits per heavy atom. The number of aromatic nitrogens is 1. The third-order valence-corrected chi connectivity index (χ3v) is 4.67. The summed E-state index contributed by atoms with van der Waals surface area (Å²) in [4.78, 5) is 17.0. The van der Waals surface area contributed by atoms with Crippen molar-refractivity contribution in [2.45, 2.75) is 0 Å². The molecule has 1 amide bonds. The van der Waals surface area contributed by atoms with Crippen molar-refractivity contribution in [2.75, 3.05) is 24.8 Å². The Labute approximate surface area is 174 Å². The van der Waals surface area contributed by atoms with Crippen LogP contribution in [-0.4, -0.2) is 25.0 Å². The minimum Gasteiger partial charge on any atom is -0.497 e. The number of rotatable bonds is 6. The quantitative estimate of drug-likeness (QED) is 0.458. The summed E-state index contributed by atoms with van der Waals surface area (Å²) in [7, 11) is 3.41. The largest absolute Gasteiger partial charge is 0.497 e. The highest BCUT2D eigenvalue weighted by molar-refractivity contribution is 6.13. The van der Waals surface area contributed by atoms with Crippen LogP contribution in [0.1, 0.15) is 10.4 Å². The molecule has 6 heteroatoms. The Morgan fingerprint density at radius 3 is 2.43 bits per heavy atom. The molecule has 0 unspecified atom stereocenters. The van der Waals surface area contributed by atoms with Gasteiger partial charge in [-0.1, -0.05) is 12.1 Å². The van der Waals surface area contributed by atoms with E-state index in [1.165, 1.54) is 0 Å². The highest BCUT2D eigenvalue weighted by atomic mass is 16.5. The van der Waals surface area contributed by atoms with Gasteiger partial charge in [0.1, 0.15) is 23.1 Å². The highest BCUT2D eigenvalue weighted by Crippen LogP contribution is 2.28. The molecule has 0 atom stereocenters. The smallest absolute Gasteiger partial charge is 0.256 e. The number of methoxy groups -OCH3 is 1. The summed E-state index contributed by atoms with van der Waals surface area (Å²) < 4.78 is 11.1. The SMILES string of the molecule is CNc1cc(Oc2ccc3c(C(=O)Nc4ccc(OC)cc4)cccc3c2)ccn1. The third kappa shape index (κ3) is 4.17. The molecule has 4 rings (SSSR count). The second-order valence-corrected chi connectivity index (χ2v) is 6.60. The number of amides is 1. The van der Waals surface area contributed by atoms with Gasteiger partial charge in [0.15, 0.2) is 0 Å². The minimum atomic E-state index is -0.174. The number of nitrogens with zero attached hydrogens (tertiary/aromatic N) is 1. The van der Waals surface area contributed by atoms with Gasteiger partial charge >= 0.3 is 0 Å². The van der Waals surface area contributed by atoms with Crippen LogP contribution in [0.4, 0.5) is 11.5 Å². The molecule has 1 heterocycles. The molecule has 3 aromatic carbocycles. The van der Waals surface area contributed by atoms with Crippen LogP contribution < -0.4 is 20.1 Å². The molecule has 6 nitrogen and oxygen atoms in total. The molecule has 0 radical (unpaired) electrons. The summed E-state index contributed by atoms with van der Waals surface area (Å²) in [6, 6.07) is 22.1. The van der Waals surface area contributed by atoms with Gasteiger partial charge in [0.05, 0.1) is 7.11 Å². The summed E-state index contributed by atoms with van der Waals surface area (Å²) in [5, 5.41) is 7.68. The van der Waals surface area contributed by atoms with Gasteiger partial charge in [0, 0.05) is 30.6 Å². The average molecular weight is 399 g/mol. The highest BCUT2D eigenvalue weighted by Gasteiger charge is 2.11. The number of carbonyl (C=O) groups is 1. The second kappa shape index (κ2) is 8.53. The first kappa shape index (κ1) is 19.3. The van der Waals surface area contributed by atoms with E-state index < -0.39 is 0 Å². The maximum Gasteiger partial charge on any atom is 0.256 e. The first-order chi connectivity index (χ1) is 14.7. The van der Waals surface area contributed by atoms with Crippen molar-refractivity contribution in [3.8, 4) is 17.2 Å². The van der Waals surface area contributed by atoms with Crippen molar-refractivity contribution in [3.63, 3.8) is 0 Å². The Bertz CT molecular complexity index is 1190. The molecule has 0 saturated carbocycles. The first-order valence-corrected chi connectivity index (χ1v) is 9.46. The molecule has 0 spiro atoms. The van der Waals surface area contributed by atoms with Gasteiger partial charge in [0.2, 0.25) is 0 Å². The van der Waals surface area contributed by atoms with Crippen LogP contribution in [0.15, 0.2) is 79.0 Å². The van der Waals surface area contributed by atoms with E-state index in [2.05, 4.69) is 15.6 Å². The predicted molar refractivity (Wildman–Crippen MR) is 119 cm³/mol. The van der Waals surface area contributed by atoms with Crippen LogP contribution in [0, 0.1) is 0 Å². The molecule has 150 valence electrons. The van der Waals surface area contributed by atoms with Gasteiger partial charge in [-0.3, -0.25) is 4.79 Å². The standard InChI is InChI=1S/C24H21N3O3/c1-25-23-15-20(12-13-26-23)30-19-10-11-21-16(14-19)4-3-5-22(21)24(28)27-17-6-8-18(29-2)9-7-17/h3-15H,1-2H3,(H,25,26)(H,27,28). The van der Waals surface area contributed by atoms with Crippen LogP contribution in [-0.2, 0) is 0 Å². The Hall–Kier alpha value is -4.06. The van der Waals surface area contributed by atoms with E-state index >= 15 is 0 Å². The van der Waals surface area contributed by atoms with Crippen molar-refractivity contribution in [2.24, 2.45) is 0 Å². The number of nitrogens with one attached hydrogen (secondary N) is 2.